The van der Waals surface area contributed by atoms with Crippen LogP contribution in [-0.4, -0.2) is 0 Å². The molecule has 0 fully saturated rings. The first-order chi connectivity index (χ1) is 7.78. The molecule has 0 atom stereocenters. The van der Waals surface area contributed by atoms with Gasteiger partial charge < -0.3 is 4.42 Å². The Labute approximate surface area is 100 Å². The van der Waals surface area contributed by atoms with Gasteiger partial charge in [0.15, 0.2) is 0 Å². The molecule has 0 aliphatic carbocycles. The summed E-state index contributed by atoms with van der Waals surface area (Å²) in [5.41, 5.74) is 2.30. The molecular formula is C13H6BrNO. The Morgan fingerprint density at radius 2 is 1.88 bits per heavy atom. The van der Waals surface area contributed by atoms with Crippen LogP contribution in [0, 0.1) is 11.3 Å². The maximum Gasteiger partial charge on any atom is 0.136 e. The molecule has 2 aromatic carbocycles. The Bertz CT molecular complexity index is 737. The van der Waals surface area contributed by atoms with Gasteiger partial charge in [0.25, 0.3) is 0 Å². The Morgan fingerprint density at radius 3 is 2.69 bits per heavy atom. The molecule has 0 saturated carbocycles. The highest BCUT2D eigenvalue weighted by atomic mass is 79.9. The summed E-state index contributed by atoms with van der Waals surface area (Å²) in [6.07, 6.45) is 0. The summed E-state index contributed by atoms with van der Waals surface area (Å²) in [6.45, 7) is 0. The van der Waals surface area contributed by atoms with Gasteiger partial charge in [-0.05, 0) is 36.4 Å². The number of hydrogen-bond donors (Lipinski definition) is 0. The van der Waals surface area contributed by atoms with Gasteiger partial charge in [-0.1, -0.05) is 15.9 Å². The van der Waals surface area contributed by atoms with Crippen LogP contribution in [0.3, 0.4) is 0 Å². The summed E-state index contributed by atoms with van der Waals surface area (Å²) >= 11 is 3.41. The molecule has 0 radical (unpaired) electrons. The van der Waals surface area contributed by atoms with Crippen LogP contribution in [0.2, 0.25) is 0 Å². The second-order valence-corrected chi connectivity index (χ2v) is 4.48. The summed E-state index contributed by atoms with van der Waals surface area (Å²) < 4.78 is 6.68. The molecule has 2 nitrogen and oxygen atoms in total. The number of hydrogen-bond acceptors (Lipinski definition) is 2. The van der Waals surface area contributed by atoms with Crippen molar-refractivity contribution in [1.82, 2.24) is 0 Å². The maximum absolute atomic E-state index is 8.86. The number of rotatable bonds is 0. The van der Waals surface area contributed by atoms with E-state index in [9.17, 15) is 0 Å². The number of fused-ring (bicyclic) bond motifs is 3. The van der Waals surface area contributed by atoms with E-state index in [1.165, 1.54) is 0 Å². The van der Waals surface area contributed by atoms with Crippen molar-refractivity contribution in [2.24, 2.45) is 0 Å². The normalized spacial score (nSPS) is 10.8. The van der Waals surface area contributed by atoms with Crippen LogP contribution in [0.25, 0.3) is 21.9 Å². The Hall–Kier alpha value is -1.79. The first-order valence-corrected chi connectivity index (χ1v) is 5.59. The number of furan rings is 1. The van der Waals surface area contributed by atoms with Gasteiger partial charge in [-0.15, -0.1) is 0 Å². The third kappa shape index (κ3) is 1.31. The van der Waals surface area contributed by atoms with Gasteiger partial charge in [-0.3, -0.25) is 0 Å². The average Bonchev–Trinajstić information content (AvgIpc) is 2.65. The van der Waals surface area contributed by atoms with E-state index in [4.69, 9.17) is 9.68 Å². The molecule has 1 aromatic heterocycles. The van der Waals surface area contributed by atoms with E-state index >= 15 is 0 Å². The summed E-state index contributed by atoms with van der Waals surface area (Å²) in [5, 5.41) is 10.9. The van der Waals surface area contributed by atoms with Crippen molar-refractivity contribution in [1.29, 1.82) is 5.26 Å². The molecule has 1 heterocycles. The van der Waals surface area contributed by atoms with Crippen LogP contribution in [0.5, 0.6) is 0 Å². The SMILES string of the molecule is N#Cc1ccc2oc3cc(Br)ccc3c2c1. The fraction of sp³-hybridized carbons (Fsp3) is 0. The molecule has 16 heavy (non-hydrogen) atoms. The smallest absolute Gasteiger partial charge is 0.136 e. The van der Waals surface area contributed by atoms with Crippen molar-refractivity contribution in [2.75, 3.05) is 0 Å². The molecule has 0 aliphatic heterocycles. The molecule has 0 N–H and O–H groups in total. The molecule has 0 spiro atoms. The minimum absolute atomic E-state index is 0.651. The second kappa shape index (κ2) is 3.36. The zero-order chi connectivity index (χ0) is 11.1. The van der Waals surface area contributed by atoms with Crippen molar-refractivity contribution in [3.63, 3.8) is 0 Å². The maximum atomic E-state index is 8.86. The quantitative estimate of drug-likeness (QED) is 0.614. The molecule has 3 aromatic rings. The number of benzene rings is 2. The molecule has 3 heteroatoms. The monoisotopic (exact) mass is 271 g/mol. The summed E-state index contributed by atoms with van der Waals surface area (Å²) in [5.74, 6) is 0. The fourth-order valence-corrected chi connectivity index (χ4v) is 2.16. The van der Waals surface area contributed by atoms with Crippen LogP contribution in [0.15, 0.2) is 45.3 Å². The highest BCUT2D eigenvalue weighted by Crippen LogP contribution is 2.30. The highest BCUT2D eigenvalue weighted by Gasteiger charge is 2.07. The molecule has 76 valence electrons. The molecule has 0 unspecified atom stereocenters. The van der Waals surface area contributed by atoms with Crippen molar-refractivity contribution >= 4 is 37.9 Å². The van der Waals surface area contributed by atoms with E-state index in [0.717, 1.165) is 26.4 Å². The predicted molar refractivity (Wildman–Crippen MR) is 66.1 cm³/mol. The van der Waals surface area contributed by atoms with Crippen LogP contribution in [0.1, 0.15) is 5.56 Å². The van der Waals surface area contributed by atoms with Crippen LogP contribution >= 0.6 is 15.9 Å². The van der Waals surface area contributed by atoms with Gasteiger partial charge in [0, 0.05) is 15.2 Å². The highest BCUT2D eigenvalue weighted by molar-refractivity contribution is 9.10. The predicted octanol–water partition coefficient (Wildman–Crippen LogP) is 4.22. The molecule has 0 aliphatic rings. The Morgan fingerprint density at radius 1 is 1.00 bits per heavy atom. The lowest BCUT2D eigenvalue weighted by atomic mass is 10.1. The lowest BCUT2D eigenvalue weighted by Gasteiger charge is -1.90. The van der Waals surface area contributed by atoms with Crippen molar-refractivity contribution in [2.45, 2.75) is 0 Å². The van der Waals surface area contributed by atoms with E-state index in [2.05, 4.69) is 22.0 Å². The van der Waals surface area contributed by atoms with E-state index in [1.54, 1.807) is 6.07 Å². The van der Waals surface area contributed by atoms with E-state index < -0.39 is 0 Å². The first-order valence-electron chi connectivity index (χ1n) is 4.80. The second-order valence-electron chi connectivity index (χ2n) is 3.57. The lowest BCUT2D eigenvalue weighted by molar-refractivity contribution is 0.668. The topological polar surface area (TPSA) is 36.9 Å². The van der Waals surface area contributed by atoms with Gasteiger partial charge in [0.05, 0.1) is 11.6 Å². The minimum atomic E-state index is 0.651. The average molecular weight is 272 g/mol. The van der Waals surface area contributed by atoms with Crippen molar-refractivity contribution < 1.29 is 4.42 Å². The van der Waals surface area contributed by atoms with E-state index in [-0.39, 0.29) is 0 Å². The third-order valence-corrected chi connectivity index (χ3v) is 3.06. The fourth-order valence-electron chi connectivity index (χ4n) is 1.82. The van der Waals surface area contributed by atoms with Crippen molar-refractivity contribution in [3.05, 3.63) is 46.4 Å². The molecule has 3 rings (SSSR count). The Kier molecular flexibility index (Phi) is 1.98. The standard InChI is InChI=1S/C13H6BrNO/c14-9-2-3-10-11-5-8(7-15)1-4-12(11)16-13(10)6-9/h1-6H. The largest absolute Gasteiger partial charge is 0.456 e. The number of halogens is 1. The van der Waals surface area contributed by atoms with E-state index in [0.29, 0.717) is 5.56 Å². The molecule has 0 bridgehead atoms. The van der Waals surface area contributed by atoms with Crippen LogP contribution < -0.4 is 0 Å². The summed E-state index contributed by atoms with van der Waals surface area (Å²) in [6, 6.07) is 13.5. The zero-order valence-electron chi connectivity index (χ0n) is 8.20. The van der Waals surface area contributed by atoms with Gasteiger partial charge in [0.1, 0.15) is 11.2 Å². The molecule has 0 saturated heterocycles. The third-order valence-electron chi connectivity index (χ3n) is 2.56. The van der Waals surface area contributed by atoms with Gasteiger partial charge >= 0.3 is 0 Å². The minimum Gasteiger partial charge on any atom is -0.456 e. The number of nitriles is 1. The first kappa shape index (κ1) is 9.44. The van der Waals surface area contributed by atoms with Crippen molar-refractivity contribution in [3.8, 4) is 6.07 Å². The van der Waals surface area contributed by atoms with Gasteiger partial charge in [-0.2, -0.15) is 5.26 Å². The zero-order valence-corrected chi connectivity index (χ0v) is 9.78. The van der Waals surface area contributed by atoms with E-state index in [1.807, 2.05) is 30.3 Å². The molecule has 0 amide bonds. The lowest BCUT2D eigenvalue weighted by Crippen LogP contribution is -1.72. The molecular weight excluding hydrogens is 266 g/mol. The van der Waals surface area contributed by atoms with Gasteiger partial charge in [-0.25, -0.2) is 0 Å². The Balaban J connectivity index is 2.48. The van der Waals surface area contributed by atoms with Gasteiger partial charge in [0.2, 0.25) is 0 Å². The number of nitrogens with zero attached hydrogens (tertiary/aromatic N) is 1. The van der Waals surface area contributed by atoms with Crippen LogP contribution in [0.4, 0.5) is 0 Å². The van der Waals surface area contributed by atoms with Crippen LogP contribution in [-0.2, 0) is 0 Å². The summed E-state index contributed by atoms with van der Waals surface area (Å²) in [7, 11) is 0. The summed E-state index contributed by atoms with van der Waals surface area (Å²) in [4.78, 5) is 0.